The van der Waals surface area contributed by atoms with Crippen molar-refractivity contribution in [3.05, 3.63) is 30.4 Å². The molecule has 4 heterocycles. The van der Waals surface area contributed by atoms with Crippen LogP contribution in [0.4, 0.5) is 11.8 Å². The van der Waals surface area contributed by atoms with E-state index in [1.807, 2.05) is 4.90 Å². The highest BCUT2D eigenvalue weighted by Crippen LogP contribution is 2.16. The smallest absolute Gasteiger partial charge is 0.289 e. The molecule has 1 N–H and O–H groups in total. The minimum absolute atomic E-state index is 0.0827. The highest BCUT2D eigenvalue weighted by molar-refractivity contribution is 5.91. The van der Waals surface area contributed by atoms with Gasteiger partial charge in [0.1, 0.15) is 0 Å². The molecule has 0 spiro atoms. The normalized spacial score (nSPS) is 20.4. The van der Waals surface area contributed by atoms with Gasteiger partial charge in [0.25, 0.3) is 5.91 Å². The lowest BCUT2D eigenvalue weighted by Gasteiger charge is -2.34. The Bertz CT molecular complexity index is 724. The number of aromatic nitrogens is 3. The molecule has 9 heteroatoms. The number of hydrogen-bond acceptors (Lipinski definition) is 8. The highest BCUT2D eigenvalue weighted by Gasteiger charge is 2.25. The topological polar surface area (TPSA) is 96.6 Å². The van der Waals surface area contributed by atoms with E-state index in [-0.39, 0.29) is 12.0 Å². The van der Waals surface area contributed by atoms with Crippen LogP contribution in [0.2, 0.25) is 0 Å². The van der Waals surface area contributed by atoms with Gasteiger partial charge in [-0.05, 0) is 25.0 Å². The molecule has 2 aromatic rings. The van der Waals surface area contributed by atoms with E-state index >= 15 is 0 Å². The lowest BCUT2D eigenvalue weighted by atomic mass is 10.2. The van der Waals surface area contributed by atoms with E-state index in [9.17, 15) is 4.79 Å². The lowest BCUT2D eigenvalue weighted by Crippen LogP contribution is -2.49. The van der Waals surface area contributed by atoms with Crippen molar-refractivity contribution < 1.29 is 13.9 Å². The number of carbonyl (C=O) groups is 1. The Morgan fingerprint density at radius 3 is 2.92 bits per heavy atom. The molecule has 1 unspecified atom stereocenters. The maximum Gasteiger partial charge on any atom is 0.289 e. The number of nitrogens with zero attached hydrogens (tertiary/aromatic N) is 5. The molecule has 2 aliphatic heterocycles. The summed E-state index contributed by atoms with van der Waals surface area (Å²) in [5.41, 5.74) is 0. The molecule has 4 rings (SSSR count). The van der Waals surface area contributed by atoms with Crippen molar-refractivity contribution >= 4 is 17.7 Å². The monoisotopic (exact) mass is 358 g/mol. The number of rotatable bonds is 5. The van der Waals surface area contributed by atoms with Gasteiger partial charge >= 0.3 is 0 Å². The predicted octanol–water partition coefficient (Wildman–Crippen LogP) is 1.02. The van der Waals surface area contributed by atoms with Gasteiger partial charge in [0, 0.05) is 39.3 Å². The summed E-state index contributed by atoms with van der Waals surface area (Å²) in [6, 6.07) is 3.41. The Morgan fingerprint density at radius 1 is 1.31 bits per heavy atom. The first kappa shape index (κ1) is 16.8. The molecule has 2 aromatic heterocycles. The minimum atomic E-state index is -0.0827. The van der Waals surface area contributed by atoms with E-state index in [0.29, 0.717) is 43.7 Å². The van der Waals surface area contributed by atoms with Crippen LogP contribution in [-0.2, 0) is 4.74 Å². The third-order valence-corrected chi connectivity index (χ3v) is 4.66. The Hall–Kier alpha value is -2.68. The molecule has 138 valence electrons. The fourth-order valence-electron chi connectivity index (χ4n) is 3.20. The molecule has 0 saturated carbocycles. The van der Waals surface area contributed by atoms with Crippen molar-refractivity contribution in [3.63, 3.8) is 0 Å². The molecule has 1 atom stereocenters. The van der Waals surface area contributed by atoms with Crippen LogP contribution in [-0.4, -0.2) is 71.4 Å². The van der Waals surface area contributed by atoms with E-state index in [0.717, 1.165) is 26.0 Å². The molecule has 2 aliphatic rings. The molecule has 1 amide bonds. The number of amides is 1. The summed E-state index contributed by atoms with van der Waals surface area (Å²) < 4.78 is 10.8. The quantitative estimate of drug-likeness (QED) is 0.846. The first-order chi connectivity index (χ1) is 12.8. The summed E-state index contributed by atoms with van der Waals surface area (Å²) in [6.45, 7) is 4.06. The summed E-state index contributed by atoms with van der Waals surface area (Å²) in [4.78, 5) is 20.7. The fourth-order valence-corrected chi connectivity index (χ4v) is 3.20. The van der Waals surface area contributed by atoms with Crippen molar-refractivity contribution in [2.24, 2.45) is 0 Å². The van der Waals surface area contributed by atoms with Gasteiger partial charge in [-0.25, -0.2) is 0 Å². The van der Waals surface area contributed by atoms with E-state index in [2.05, 4.69) is 20.5 Å². The standard InChI is InChI=1S/C17H22N6O3/c24-16(14-4-2-10-26-14)22-5-7-23(8-6-22)17-20-15(12-19-21-17)18-11-13-3-1-9-25-13/h2,4,10,12-13H,1,3,5-9,11H2,(H,18,20,21). The van der Waals surface area contributed by atoms with Crippen LogP contribution in [0.5, 0.6) is 0 Å². The van der Waals surface area contributed by atoms with E-state index in [1.54, 1.807) is 23.2 Å². The number of ether oxygens (including phenoxy) is 1. The Balaban J connectivity index is 1.32. The fraction of sp³-hybridized carbons (Fsp3) is 0.529. The molecule has 0 radical (unpaired) electrons. The molecule has 26 heavy (non-hydrogen) atoms. The van der Waals surface area contributed by atoms with Crippen LogP contribution in [0.15, 0.2) is 29.0 Å². The molecule has 0 aliphatic carbocycles. The van der Waals surface area contributed by atoms with Gasteiger partial charge in [0.2, 0.25) is 5.95 Å². The van der Waals surface area contributed by atoms with Gasteiger partial charge in [-0.1, -0.05) is 0 Å². The van der Waals surface area contributed by atoms with Crippen LogP contribution in [0.3, 0.4) is 0 Å². The lowest BCUT2D eigenvalue weighted by molar-refractivity contribution is 0.0714. The molecule has 2 fully saturated rings. The second-order valence-corrected chi connectivity index (χ2v) is 6.41. The molecular formula is C17H22N6O3. The number of nitrogens with one attached hydrogen (secondary N) is 1. The first-order valence-electron chi connectivity index (χ1n) is 8.92. The molecule has 0 bridgehead atoms. The van der Waals surface area contributed by atoms with Crippen LogP contribution in [0.1, 0.15) is 23.4 Å². The number of carbonyl (C=O) groups excluding carboxylic acids is 1. The van der Waals surface area contributed by atoms with Crippen LogP contribution < -0.4 is 10.2 Å². The third-order valence-electron chi connectivity index (χ3n) is 4.66. The van der Waals surface area contributed by atoms with Gasteiger partial charge in [0.05, 0.1) is 18.6 Å². The maximum atomic E-state index is 12.3. The number of anilines is 2. The Morgan fingerprint density at radius 2 is 2.19 bits per heavy atom. The van der Waals surface area contributed by atoms with Crippen molar-refractivity contribution in [3.8, 4) is 0 Å². The van der Waals surface area contributed by atoms with Gasteiger partial charge in [-0.15, -0.1) is 5.10 Å². The van der Waals surface area contributed by atoms with Gasteiger partial charge in [-0.3, -0.25) is 4.79 Å². The molecule has 2 saturated heterocycles. The van der Waals surface area contributed by atoms with E-state index < -0.39 is 0 Å². The summed E-state index contributed by atoms with van der Waals surface area (Å²) >= 11 is 0. The van der Waals surface area contributed by atoms with Gasteiger partial charge in [-0.2, -0.15) is 10.1 Å². The average molecular weight is 358 g/mol. The summed E-state index contributed by atoms with van der Waals surface area (Å²) in [5, 5.41) is 11.5. The maximum absolute atomic E-state index is 12.3. The van der Waals surface area contributed by atoms with Gasteiger partial charge < -0.3 is 24.3 Å². The summed E-state index contributed by atoms with van der Waals surface area (Å²) in [6.07, 6.45) is 5.56. The van der Waals surface area contributed by atoms with E-state index in [1.165, 1.54) is 6.26 Å². The molecule has 9 nitrogen and oxygen atoms in total. The average Bonchev–Trinajstić information content (AvgIpc) is 3.40. The van der Waals surface area contributed by atoms with Crippen molar-refractivity contribution in [1.82, 2.24) is 20.1 Å². The van der Waals surface area contributed by atoms with Crippen LogP contribution >= 0.6 is 0 Å². The van der Waals surface area contributed by atoms with E-state index in [4.69, 9.17) is 9.15 Å². The summed E-state index contributed by atoms with van der Waals surface area (Å²) in [5.74, 6) is 1.56. The first-order valence-corrected chi connectivity index (χ1v) is 8.92. The second kappa shape index (κ2) is 7.69. The zero-order valence-corrected chi connectivity index (χ0v) is 14.5. The number of hydrogen-bond donors (Lipinski definition) is 1. The van der Waals surface area contributed by atoms with Crippen molar-refractivity contribution in [1.29, 1.82) is 0 Å². The molecular weight excluding hydrogens is 336 g/mol. The Labute approximate surface area is 151 Å². The van der Waals surface area contributed by atoms with Crippen LogP contribution in [0, 0.1) is 0 Å². The number of furan rings is 1. The zero-order valence-electron chi connectivity index (χ0n) is 14.5. The molecule has 0 aromatic carbocycles. The largest absolute Gasteiger partial charge is 0.459 e. The van der Waals surface area contributed by atoms with Gasteiger partial charge in [0.15, 0.2) is 11.6 Å². The predicted molar refractivity (Wildman–Crippen MR) is 94.1 cm³/mol. The zero-order chi connectivity index (χ0) is 17.8. The number of piperazine rings is 1. The van der Waals surface area contributed by atoms with Crippen molar-refractivity contribution in [2.45, 2.75) is 18.9 Å². The minimum Gasteiger partial charge on any atom is -0.459 e. The van der Waals surface area contributed by atoms with Crippen molar-refractivity contribution in [2.75, 3.05) is 49.5 Å². The summed E-state index contributed by atoms with van der Waals surface area (Å²) in [7, 11) is 0. The Kier molecular flexibility index (Phi) is 4.96. The second-order valence-electron chi connectivity index (χ2n) is 6.41. The van der Waals surface area contributed by atoms with Crippen LogP contribution in [0.25, 0.3) is 0 Å². The third kappa shape index (κ3) is 3.77. The highest BCUT2D eigenvalue weighted by atomic mass is 16.5. The SMILES string of the molecule is O=C(c1ccco1)N1CCN(c2nncc(NCC3CCCO3)n2)CC1.